The van der Waals surface area contributed by atoms with Crippen molar-refractivity contribution in [3.63, 3.8) is 0 Å². The van der Waals surface area contributed by atoms with Gasteiger partial charge in [-0.05, 0) is 23.8 Å². The third-order valence-electron chi connectivity index (χ3n) is 2.02. The Bertz CT molecular complexity index is 558. The van der Waals surface area contributed by atoms with Gasteiger partial charge in [-0.1, -0.05) is 12.1 Å². The van der Waals surface area contributed by atoms with Crippen molar-refractivity contribution in [1.82, 2.24) is 0 Å². The molecule has 2 aromatic rings. The predicted octanol–water partition coefficient (Wildman–Crippen LogP) is 1.59. The van der Waals surface area contributed by atoms with E-state index in [4.69, 9.17) is 9.56 Å². The topological polar surface area (TPSA) is 73.3 Å². The summed E-state index contributed by atoms with van der Waals surface area (Å²) in [5.74, 6) is 0. The van der Waals surface area contributed by atoms with Crippen molar-refractivity contribution >= 4 is 10.0 Å². The van der Waals surface area contributed by atoms with Gasteiger partial charge < -0.3 is 4.42 Å². The van der Waals surface area contributed by atoms with E-state index in [1.807, 2.05) is 0 Å². The summed E-state index contributed by atoms with van der Waals surface area (Å²) in [6, 6.07) is 8.16. The molecule has 0 saturated carbocycles. The maximum Gasteiger partial charge on any atom is 0.238 e. The molecule has 4 nitrogen and oxygen atoms in total. The summed E-state index contributed by atoms with van der Waals surface area (Å²) < 4.78 is 27.1. The molecule has 0 radical (unpaired) electrons. The first-order chi connectivity index (χ1) is 7.07. The second-order valence-corrected chi connectivity index (χ2v) is 4.65. The molecule has 2 N–H and O–H groups in total. The molecule has 78 valence electrons. The molecule has 0 bridgehead atoms. The van der Waals surface area contributed by atoms with E-state index < -0.39 is 10.0 Å². The van der Waals surface area contributed by atoms with E-state index in [1.165, 1.54) is 18.4 Å². The first-order valence-electron chi connectivity index (χ1n) is 4.23. The largest absolute Gasteiger partial charge is 0.472 e. The third kappa shape index (κ3) is 2.08. The lowest BCUT2D eigenvalue weighted by atomic mass is 10.1. The van der Waals surface area contributed by atoms with Crippen molar-refractivity contribution in [3.8, 4) is 11.1 Å². The number of furan rings is 1. The maximum absolute atomic E-state index is 11.1. The molecule has 0 aliphatic rings. The number of hydrogen-bond donors (Lipinski definition) is 1. The van der Waals surface area contributed by atoms with Gasteiger partial charge in [0.25, 0.3) is 0 Å². The second-order valence-electron chi connectivity index (χ2n) is 3.08. The van der Waals surface area contributed by atoms with Gasteiger partial charge in [0.05, 0.1) is 17.4 Å². The van der Waals surface area contributed by atoms with Gasteiger partial charge in [0.1, 0.15) is 0 Å². The Morgan fingerprint density at radius 3 is 2.53 bits per heavy atom. The van der Waals surface area contributed by atoms with Crippen LogP contribution in [-0.4, -0.2) is 8.42 Å². The minimum atomic E-state index is -3.65. The Kier molecular flexibility index (Phi) is 2.34. The van der Waals surface area contributed by atoms with Crippen LogP contribution in [0, 0.1) is 0 Å². The van der Waals surface area contributed by atoms with Crippen molar-refractivity contribution in [2.24, 2.45) is 5.14 Å². The first kappa shape index (κ1) is 9.95. The van der Waals surface area contributed by atoms with E-state index in [-0.39, 0.29) is 4.90 Å². The lowest BCUT2D eigenvalue weighted by Crippen LogP contribution is -2.11. The molecule has 1 aromatic carbocycles. The molecule has 0 amide bonds. The second kappa shape index (κ2) is 3.52. The van der Waals surface area contributed by atoms with Crippen LogP contribution in [0.25, 0.3) is 11.1 Å². The van der Waals surface area contributed by atoms with E-state index >= 15 is 0 Å². The first-order valence-corrected chi connectivity index (χ1v) is 5.77. The molecule has 15 heavy (non-hydrogen) atoms. The van der Waals surface area contributed by atoms with E-state index in [9.17, 15) is 8.42 Å². The summed E-state index contributed by atoms with van der Waals surface area (Å²) in [6.45, 7) is 0. The van der Waals surface area contributed by atoms with Gasteiger partial charge in [-0.25, -0.2) is 13.6 Å². The van der Waals surface area contributed by atoms with Crippen LogP contribution in [0.2, 0.25) is 0 Å². The smallest absolute Gasteiger partial charge is 0.238 e. The van der Waals surface area contributed by atoms with Crippen LogP contribution in [-0.2, 0) is 10.0 Å². The average Bonchev–Trinajstić information content (AvgIpc) is 2.69. The number of benzene rings is 1. The van der Waals surface area contributed by atoms with E-state index in [1.54, 1.807) is 24.5 Å². The van der Waals surface area contributed by atoms with Crippen LogP contribution < -0.4 is 5.14 Å². The fourth-order valence-corrected chi connectivity index (χ4v) is 1.84. The SMILES string of the molecule is NS(=O)(=O)c1cccc(-c2ccoc2)c1. The molecular weight excluding hydrogens is 214 g/mol. The van der Waals surface area contributed by atoms with Crippen LogP contribution in [0.5, 0.6) is 0 Å². The summed E-state index contributed by atoms with van der Waals surface area (Å²) in [5, 5.41) is 5.03. The van der Waals surface area contributed by atoms with E-state index in [0.717, 1.165) is 11.1 Å². The minimum absolute atomic E-state index is 0.0983. The molecule has 0 aliphatic heterocycles. The zero-order valence-corrected chi connectivity index (χ0v) is 8.57. The lowest BCUT2D eigenvalue weighted by molar-refractivity contribution is 0.568. The summed E-state index contributed by atoms with van der Waals surface area (Å²) in [5.41, 5.74) is 1.58. The Morgan fingerprint density at radius 2 is 1.93 bits per heavy atom. The van der Waals surface area contributed by atoms with Gasteiger partial charge in [-0.15, -0.1) is 0 Å². The maximum atomic E-state index is 11.1. The molecule has 0 fully saturated rings. The van der Waals surface area contributed by atoms with Crippen molar-refractivity contribution in [3.05, 3.63) is 42.9 Å². The van der Waals surface area contributed by atoms with Crippen molar-refractivity contribution in [1.29, 1.82) is 0 Å². The number of sulfonamides is 1. The van der Waals surface area contributed by atoms with Crippen LogP contribution in [0.1, 0.15) is 0 Å². The van der Waals surface area contributed by atoms with Crippen molar-refractivity contribution < 1.29 is 12.8 Å². The number of nitrogens with two attached hydrogens (primary N) is 1. The molecule has 0 atom stereocenters. The number of hydrogen-bond acceptors (Lipinski definition) is 3. The van der Waals surface area contributed by atoms with Crippen LogP contribution in [0.4, 0.5) is 0 Å². The lowest BCUT2D eigenvalue weighted by Gasteiger charge is -2.00. The van der Waals surface area contributed by atoms with Gasteiger partial charge in [0.15, 0.2) is 0 Å². The van der Waals surface area contributed by atoms with Crippen molar-refractivity contribution in [2.45, 2.75) is 4.90 Å². The van der Waals surface area contributed by atoms with E-state index in [0.29, 0.717) is 0 Å². The zero-order chi connectivity index (χ0) is 10.9. The van der Waals surface area contributed by atoms with Crippen molar-refractivity contribution in [2.75, 3.05) is 0 Å². The van der Waals surface area contributed by atoms with Crippen LogP contribution >= 0.6 is 0 Å². The monoisotopic (exact) mass is 223 g/mol. The van der Waals surface area contributed by atoms with Gasteiger partial charge in [-0.2, -0.15) is 0 Å². The van der Waals surface area contributed by atoms with Gasteiger partial charge in [0.2, 0.25) is 10.0 Å². The summed E-state index contributed by atoms with van der Waals surface area (Å²) in [7, 11) is -3.65. The highest BCUT2D eigenvalue weighted by Gasteiger charge is 2.08. The highest BCUT2D eigenvalue weighted by atomic mass is 32.2. The van der Waals surface area contributed by atoms with Crippen LogP contribution in [0.3, 0.4) is 0 Å². The fraction of sp³-hybridized carbons (Fsp3) is 0. The highest BCUT2D eigenvalue weighted by Crippen LogP contribution is 2.21. The molecule has 1 heterocycles. The molecule has 0 saturated heterocycles. The Morgan fingerprint density at radius 1 is 1.13 bits per heavy atom. The number of primary sulfonamides is 1. The third-order valence-corrected chi connectivity index (χ3v) is 2.93. The molecule has 0 aliphatic carbocycles. The standard InChI is InChI=1S/C10H9NO3S/c11-15(12,13)10-3-1-2-8(6-10)9-4-5-14-7-9/h1-7H,(H2,11,12,13). The Hall–Kier alpha value is -1.59. The Balaban J connectivity index is 2.53. The fourth-order valence-electron chi connectivity index (χ4n) is 1.28. The Labute approximate surface area is 87.4 Å². The molecule has 5 heteroatoms. The quantitative estimate of drug-likeness (QED) is 0.840. The van der Waals surface area contributed by atoms with E-state index in [2.05, 4.69) is 0 Å². The highest BCUT2D eigenvalue weighted by molar-refractivity contribution is 7.89. The van der Waals surface area contributed by atoms with Gasteiger partial charge in [0, 0.05) is 5.56 Å². The molecule has 1 aromatic heterocycles. The minimum Gasteiger partial charge on any atom is -0.472 e. The summed E-state index contributed by atoms with van der Waals surface area (Å²) in [4.78, 5) is 0.0983. The normalized spacial score (nSPS) is 11.5. The van der Waals surface area contributed by atoms with Gasteiger partial charge in [-0.3, -0.25) is 0 Å². The predicted molar refractivity (Wildman–Crippen MR) is 55.5 cm³/mol. The average molecular weight is 223 g/mol. The molecule has 0 unspecified atom stereocenters. The zero-order valence-electron chi connectivity index (χ0n) is 7.75. The summed E-state index contributed by atoms with van der Waals surface area (Å²) in [6.07, 6.45) is 3.07. The van der Waals surface area contributed by atoms with Crippen LogP contribution in [0.15, 0.2) is 52.2 Å². The molecular formula is C10H9NO3S. The van der Waals surface area contributed by atoms with Gasteiger partial charge >= 0.3 is 0 Å². The molecule has 2 rings (SSSR count). The summed E-state index contributed by atoms with van der Waals surface area (Å²) >= 11 is 0. The molecule has 0 spiro atoms. The number of rotatable bonds is 2.